The molecule has 0 aromatic carbocycles. The van der Waals surface area contributed by atoms with Gasteiger partial charge in [0.1, 0.15) is 0 Å². The lowest BCUT2D eigenvalue weighted by Crippen LogP contribution is -2.37. The Morgan fingerprint density at radius 3 is 1.92 bits per heavy atom. The molecule has 0 bridgehead atoms. The third-order valence-corrected chi connectivity index (χ3v) is 1.65. The number of rotatable bonds is 6. The normalized spacial score (nSPS) is 15.8. The smallest absolute Gasteiger partial charge is 0.317 e. The maximum absolute atomic E-state index is 10.4. The number of aliphatic carboxylic acids is 1. The van der Waals surface area contributed by atoms with Gasteiger partial charge in [-0.3, -0.25) is 9.69 Å². The van der Waals surface area contributed by atoms with E-state index in [1.807, 2.05) is 13.8 Å². The van der Waals surface area contributed by atoms with Crippen LogP contribution < -0.4 is 0 Å². The molecule has 0 aliphatic heterocycles. The number of carboxylic acids is 1. The maximum Gasteiger partial charge on any atom is 0.317 e. The molecule has 2 unspecified atom stereocenters. The molecule has 3 nitrogen and oxygen atoms in total. The summed E-state index contributed by atoms with van der Waals surface area (Å²) in [7, 11) is 0. The van der Waals surface area contributed by atoms with Crippen LogP contribution in [0.1, 0.15) is 13.8 Å². The van der Waals surface area contributed by atoms with Gasteiger partial charge < -0.3 is 5.11 Å². The lowest BCUT2D eigenvalue weighted by molar-refractivity contribution is -0.138. The van der Waals surface area contributed by atoms with Crippen LogP contribution in [0.5, 0.6) is 0 Å². The highest BCUT2D eigenvalue weighted by atomic mass is 35.5. The van der Waals surface area contributed by atoms with Gasteiger partial charge in [-0.2, -0.15) is 0 Å². The van der Waals surface area contributed by atoms with E-state index >= 15 is 0 Å². The minimum atomic E-state index is -0.852. The van der Waals surface area contributed by atoms with Crippen LogP contribution in [0.4, 0.5) is 0 Å². The van der Waals surface area contributed by atoms with Crippen LogP contribution in [0, 0.1) is 0 Å². The van der Waals surface area contributed by atoms with Crippen LogP contribution >= 0.6 is 23.2 Å². The first-order valence-corrected chi connectivity index (χ1v) is 5.01. The van der Waals surface area contributed by atoms with E-state index in [0.717, 1.165) is 0 Å². The summed E-state index contributed by atoms with van der Waals surface area (Å²) >= 11 is 11.5. The van der Waals surface area contributed by atoms with Crippen LogP contribution in [-0.4, -0.2) is 46.4 Å². The topological polar surface area (TPSA) is 40.5 Å². The summed E-state index contributed by atoms with van der Waals surface area (Å²) in [6.07, 6.45) is 0. The molecule has 0 fully saturated rings. The molecule has 0 saturated carbocycles. The lowest BCUT2D eigenvalue weighted by atomic mass is 10.3. The molecule has 0 aliphatic rings. The molecule has 0 rings (SSSR count). The first-order chi connectivity index (χ1) is 5.91. The van der Waals surface area contributed by atoms with E-state index in [1.165, 1.54) is 0 Å². The summed E-state index contributed by atoms with van der Waals surface area (Å²) < 4.78 is 0. The zero-order valence-corrected chi connectivity index (χ0v) is 9.35. The Morgan fingerprint density at radius 1 is 1.31 bits per heavy atom. The Bertz CT molecular complexity index is 152. The Hall–Kier alpha value is 0.01000. The van der Waals surface area contributed by atoms with Crippen LogP contribution in [0.15, 0.2) is 0 Å². The Balaban J connectivity index is 3.95. The molecule has 78 valence electrons. The van der Waals surface area contributed by atoms with Gasteiger partial charge in [-0.05, 0) is 13.8 Å². The zero-order valence-electron chi connectivity index (χ0n) is 7.83. The van der Waals surface area contributed by atoms with Crippen molar-refractivity contribution in [2.24, 2.45) is 0 Å². The van der Waals surface area contributed by atoms with E-state index in [-0.39, 0.29) is 17.3 Å². The van der Waals surface area contributed by atoms with Crippen LogP contribution in [0.3, 0.4) is 0 Å². The first-order valence-electron chi connectivity index (χ1n) is 4.14. The maximum atomic E-state index is 10.4. The lowest BCUT2D eigenvalue weighted by Gasteiger charge is -2.22. The number of halogens is 2. The van der Waals surface area contributed by atoms with Gasteiger partial charge in [0.2, 0.25) is 0 Å². The van der Waals surface area contributed by atoms with Gasteiger partial charge in [-0.1, -0.05) is 0 Å². The Labute approximate surface area is 88.6 Å². The minimum Gasteiger partial charge on any atom is -0.480 e. The summed E-state index contributed by atoms with van der Waals surface area (Å²) in [6, 6.07) is 0. The van der Waals surface area contributed by atoms with Gasteiger partial charge in [0.15, 0.2) is 0 Å². The van der Waals surface area contributed by atoms with E-state index in [1.54, 1.807) is 4.90 Å². The molecular formula is C8H15Cl2NO2. The fraction of sp³-hybridized carbons (Fsp3) is 0.875. The average molecular weight is 228 g/mol. The van der Waals surface area contributed by atoms with Gasteiger partial charge in [-0.15, -0.1) is 23.2 Å². The number of alkyl halides is 2. The average Bonchev–Trinajstić information content (AvgIpc) is 1.80. The zero-order chi connectivity index (χ0) is 10.4. The molecule has 0 saturated heterocycles. The Morgan fingerprint density at radius 2 is 1.69 bits per heavy atom. The van der Waals surface area contributed by atoms with Crippen molar-refractivity contribution < 1.29 is 9.90 Å². The molecule has 1 N–H and O–H groups in total. The second-order valence-corrected chi connectivity index (χ2v) is 4.64. The van der Waals surface area contributed by atoms with Crippen molar-refractivity contribution in [1.82, 2.24) is 4.90 Å². The van der Waals surface area contributed by atoms with Gasteiger partial charge >= 0.3 is 5.97 Å². The molecule has 0 radical (unpaired) electrons. The van der Waals surface area contributed by atoms with Crippen molar-refractivity contribution in [3.05, 3.63) is 0 Å². The minimum absolute atomic E-state index is 0.00583. The molecule has 0 aromatic heterocycles. The molecule has 5 heteroatoms. The van der Waals surface area contributed by atoms with E-state index < -0.39 is 5.97 Å². The predicted octanol–water partition coefficient (Wildman–Crippen LogP) is 1.63. The molecule has 2 atom stereocenters. The number of nitrogens with zero attached hydrogens (tertiary/aromatic N) is 1. The highest BCUT2D eigenvalue weighted by Crippen LogP contribution is 2.03. The third kappa shape index (κ3) is 8.34. The molecule has 0 amide bonds. The number of carbonyl (C=O) groups is 1. The van der Waals surface area contributed by atoms with E-state index in [4.69, 9.17) is 28.3 Å². The monoisotopic (exact) mass is 227 g/mol. The standard InChI is InChI=1S/C8H15Cl2NO2/c1-6(9)3-11(4-7(2)10)5-8(12)13/h6-7H,3-5H2,1-2H3,(H,12,13). The fourth-order valence-electron chi connectivity index (χ4n) is 1.11. The van der Waals surface area contributed by atoms with Crippen molar-refractivity contribution in [3.63, 3.8) is 0 Å². The quantitative estimate of drug-likeness (QED) is 0.702. The molecule has 0 spiro atoms. The fourth-order valence-corrected chi connectivity index (χ4v) is 1.50. The highest BCUT2D eigenvalue weighted by molar-refractivity contribution is 6.21. The van der Waals surface area contributed by atoms with Gasteiger partial charge in [0.05, 0.1) is 6.54 Å². The molecule has 13 heavy (non-hydrogen) atoms. The van der Waals surface area contributed by atoms with Crippen LogP contribution in [0.2, 0.25) is 0 Å². The SMILES string of the molecule is CC(Cl)CN(CC(=O)O)CC(C)Cl. The number of hydrogen-bond donors (Lipinski definition) is 1. The molecule has 0 aromatic rings. The van der Waals surface area contributed by atoms with Crippen molar-refractivity contribution in [3.8, 4) is 0 Å². The van der Waals surface area contributed by atoms with Gasteiger partial charge in [0, 0.05) is 23.8 Å². The summed E-state index contributed by atoms with van der Waals surface area (Å²) in [4.78, 5) is 12.2. The Kier molecular flexibility index (Phi) is 6.47. The summed E-state index contributed by atoms with van der Waals surface area (Å²) in [5.74, 6) is -0.852. The van der Waals surface area contributed by atoms with Crippen LogP contribution in [-0.2, 0) is 4.79 Å². The second kappa shape index (κ2) is 6.46. The molecule has 0 heterocycles. The van der Waals surface area contributed by atoms with Crippen molar-refractivity contribution >= 4 is 29.2 Å². The highest BCUT2D eigenvalue weighted by Gasteiger charge is 2.13. The molecule has 0 aliphatic carbocycles. The van der Waals surface area contributed by atoms with Crippen molar-refractivity contribution in [1.29, 1.82) is 0 Å². The van der Waals surface area contributed by atoms with E-state index in [2.05, 4.69) is 0 Å². The molecular weight excluding hydrogens is 213 g/mol. The number of hydrogen-bond acceptors (Lipinski definition) is 2. The van der Waals surface area contributed by atoms with Crippen molar-refractivity contribution in [2.45, 2.75) is 24.6 Å². The van der Waals surface area contributed by atoms with Gasteiger partial charge in [-0.25, -0.2) is 0 Å². The summed E-state index contributed by atoms with van der Waals surface area (Å²) in [5.41, 5.74) is 0. The summed E-state index contributed by atoms with van der Waals surface area (Å²) in [5, 5.41) is 8.46. The number of carboxylic acid groups (broad SMARTS) is 1. The van der Waals surface area contributed by atoms with E-state index in [9.17, 15) is 4.79 Å². The summed E-state index contributed by atoms with van der Waals surface area (Å²) in [6.45, 7) is 4.74. The first kappa shape index (κ1) is 13.0. The largest absolute Gasteiger partial charge is 0.480 e. The van der Waals surface area contributed by atoms with Gasteiger partial charge in [0.25, 0.3) is 0 Å². The third-order valence-electron chi connectivity index (χ3n) is 1.38. The van der Waals surface area contributed by atoms with E-state index in [0.29, 0.717) is 13.1 Å². The predicted molar refractivity (Wildman–Crippen MR) is 54.7 cm³/mol. The second-order valence-electron chi connectivity index (χ2n) is 3.15. The van der Waals surface area contributed by atoms with Crippen molar-refractivity contribution in [2.75, 3.05) is 19.6 Å². The van der Waals surface area contributed by atoms with Crippen LogP contribution in [0.25, 0.3) is 0 Å².